The van der Waals surface area contributed by atoms with Crippen molar-refractivity contribution in [1.29, 1.82) is 0 Å². The third kappa shape index (κ3) is 8.17. The molecule has 2 rings (SSSR count). The molecule has 6 nitrogen and oxygen atoms in total. The number of hydrogen-bond donors (Lipinski definition) is 0. The summed E-state index contributed by atoms with van der Waals surface area (Å²) in [7, 11) is 5.72. The number of carbonyl (C=O) groups is 4. The van der Waals surface area contributed by atoms with Crippen molar-refractivity contribution >= 4 is 46.9 Å². The Morgan fingerprint density at radius 3 is 1.50 bits per heavy atom. The molecule has 0 spiro atoms. The van der Waals surface area contributed by atoms with Crippen molar-refractivity contribution < 1.29 is 23.7 Å². The van der Waals surface area contributed by atoms with Crippen LogP contribution >= 0.6 is 23.5 Å². The number of Topliss-reactive ketones (excluding diaryl/α,β-unsaturated/α-hetero) is 2. The van der Waals surface area contributed by atoms with Gasteiger partial charge >= 0.3 is 0 Å². The third-order valence-corrected chi connectivity index (χ3v) is 7.57. The summed E-state index contributed by atoms with van der Waals surface area (Å²) in [5.41, 5.74) is -0.401. The van der Waals surface area contributed by atoms with E-state index in [9.17, 15) is 19.2 Å². The number of hydrogen-bond acceptors (Lipinski definition) is 6. The van der Waals surface area contributed by atoms with Gasteiger partial charge in [0.25, 0.3) is 0 Å². The van der Waals surface area contributed by atoms with Crippen LogP contribution in [-0.2, 0) is 19.2 Å². The van der Waals surface area contributed by atoms with E-state index in [1.54, 1.807) is 23.5 Å². The summed E-state index contributed by atoms with van der Waals surface area (Å²) in [6.07, 6.45) is 0.749. The largest absolute Gasteiger partial charge is 0.316 e. The summed E-state index contributed by atoms with van der Waals surface area (Å²) in [5.74, 6) is 0.133. The fraction of sp³-hybridized carbons (Fsp3) is 0.833. The lowest BCUT2D eigenvalue weighted by molar-refractivity contribution is -0.876. The van der Waals surface area contributed by atoms with Crippen LogP contribution in [0.3, 0.4) is 0 Å². The number of carbonyl (C=O) groups excluding carboxylic acids is 4. The standard InChI is InChI=1S/C12H22NO2S.C12H21NO2S/c1-12(2,3)16-9-7-8(14)10(11(9)15)13(4,5)6;1-11(2,3)13-9(14)7-8(10(13)15)16-12(4,5)6/h9-10H,7H2,1-6H3;8H,7H2,1-6H3/q+1;. The molecule has 0 bridgehead atoms. The molecule has 184 valence electrons. The Bertz CT molecular complexity index is 688. The summed E-state index contributed by atoms with van der Waals surface area (Å²) in [4.78, 5) is 49.4. The molecule has 3 unspecified atom stereocenters. The minimum atomic E-state index is -0.458. The molecule has 1 saturated carbocycles. The third-order valence-electron chi connectivity index (χ3n) is 4.82. The first-order valence-electron chi connectivity index (χ1n) is 11.1. The number of thioether (sulfide) groups is 2. The molecule has 0 aromatic heterocycles. The van der Waals surface area contributed by atoms with Gasteiger partial charge in [-0.05, 0) is 20.8 Å². The normalized spacial score (nSPS) is 25.4. The van der Waals surface area contributed by atoms with Crippen molar-refractivity contribution in [2.24, 2.45) is 0 Å². The van der Waals surface area contributed by atoms with Crippen molar-refractivity contribution in [3.8, 4) is 0 Å². The first-order valence-corrected chi connectivity index (χ1v) is 12.9. The monoisotopic (exact) mass is 487 g/mol. The zero-order valence-electron chi connectivity index (χ0n) is 22.0. The molecular formula is C24H43N2O4S2+. The van der Waals surface area contributed by atoms with Crippen LogP contribution < -0.4 is 0 Å². The molecule has 32 heavy (non-hydrogen) atoms. The van der Waals surface area contributed by atoms with E-state index < -0.39 is 11.6 Å². The smallest absolute Gasteiger partial charge is 0.243 e. The molecule has 0 N–H and O–H groups in total. The quantitative estimate of drug-likeness (QED) is 0.341. The number of likely N-dealkylation sites (tertiary alicyclic amines) is 1. The Hall–Kier alpha value is -0.860. The predicted molar refractivity (Wildman–Crippen MR) is 135 cm³/mol. The molecule has 8 heteroatoms. The first kappa shape index (κ1) is 29.2. The topological polar surface area (TPSA) is 71.5 Å². The predicted octanol–water partition coefficient (Wildman–Crippen LogP) is 3.95. The maximum absolute atomic E-state index is 12.2. The molecule has 0 aromatic carbocycles. The fourth-order valence-corrected chi connectivity index (χ4v) is 6.53. The molecule has 1 aliphatic carbocycles. The van der Waals surface area contributed by atoms with Crippen molar-refractivity contribution in [2.45, 2.75) is 107 Å². The number of amides is 2. The van der Waals surface area contributed by atoms with Crippen LogP contribution in [0.25, 0.3) is 0 Å². The molecule has 1 heterocycles. The highest BCUT2D eigenvalue weighted by molar-refractivity contribution is 8.02. The second-order valence-electron chi connectivity index (χ2n) is 12.5. The summed E-state index contributed by atoms with van der Waals surface area (Å²) < 4.78 is 0.452. The summed E-state index contributed by atoms with van der Waals surface area (Å²) in [6.45, 7) is 18.1. The van der Waals surface area contributed by atoms with Gasteiger partial charge in [0.15, 0.2) is 5.78 Å². The van der Waals surface area contributed by atoms with Gasteiger partial charge in [0.2, 0.25) is 23.6 Å². The van der Waals surface area contributed by atoms with Crippen LogP contribution in [0.2, 0.25) is 0 Å². The Morgan fingerprint density at radius 1 is 0.750 bits per heavy atom. The highest BCUT2D eigenvalue weighted by Gasteiger charge is 2.50. The van der Waals surface area contributed by atoms with Crippen molar-refractivity contribution in [1.82, 2.24) is 4.90 Å². The SMILES string of the molecule is CC(C)(C)SC1CC(=O)C([N+](C)(C)C)C1=O.CC(C)(C)SC1CC(=O)N(C(C)(C)C)C1=O. The second-order valence-corrected chi connectivity index (χ2v) is 16.5. The Kier molecular flexibility index (Phi) is 8.92. The van der Waals surface area contributed by atoms with Gasteiger partial charge in [-0.1, -0.05) is 41.5 Å². The van der Waals surface area contributed by atoms with Gasteiger partial charge in [-0.3, -0.25) is 24.1 Å². The van der Waals surface area contributed by atoms with Crippen LogP contribution in [-0.4, -0.2) is 85.5 Å². The maximum Gasteiger partial charge on any atom is 0.243 e. The first-order chi connectivity index (χ1) is 14.0. The molecule has 2 fully saturated rings. The number of quaternary nitrogens is 1. The van der Waals surface area contributed by atoms with Crippen molar-refractivity contribution in [3.63, 3.8) is 0 Å². The number of imide groups is 1. The molecule has 0 aromatic rings. The molecule has 0 radical (unpaired) electrons. The molecular weight excluding hydrogens is 444 g/mol. The minimum absolute atomic E-state index is 0.00843. The summed E-state index contributed by atoms with van der Waals surface area (Å²) >= 11 is 3.20. The van der Waals surface area contributed by atoms with Crippen LogP contribution in [0, 0.1) is 0 Å². The van der Waals surface area contributed by atoms with Gasteiger partial charge in [0, 0.05) is 27.9 Å². The van der Waals surface area contributed by atoms with Crippen LogP contribution in [0.5, 0.6) is 0 Å². The van der Waals surface area contributed by atoms with Crippen molar-refractivity contribution in [3.05, 3.63) is 0 Å². The zero-order chi connectivity index (χ0) is 25.4. The summed E-state index contributed by atoms with van der Waals surface area (Å²) in [5, 5.41) is -0.346. The molecule has 2 amide bonds. The average Bonchev–Trinajstić information content (AvgIpc) is 2.91. The van der Waals surface area contributed by atoms with E-state index >= 15 is 0 Å². The van der Waals surface area contributed by atoms with Gasteiger partial charge in [-0.25, -0.2) is 0 Å². The Balaban J connectivity index is 0.000000320. The highest BCUT2D eigenvalue weighted by Crippen LogP contribution is 2.37. The highest BCUT2D eigenvalue weighted by atomic mass is 32.2. The van der Waals surface area contributed by atoms with Gasteiger partial charge < -0.3 is 4.48 Å². The molecule has 1 aliphatic heterocycles. The van der Waals surface area contributed by atoms with Gasteiger partial charge in [0.05, 0.1) is 31.6 Å². The lowest BCUT2D eigenvalue weighted by Crippen LogP contribution is -2.52. The lowest BCUT2D eigenvalue weighted by Gasteiger charge is -2.30. The number of rotatable bonds is 3. The van der Waals surface area contributed by atoms with E-state index in [-0.39, 0.29) is 43.4 Å². The maximum atomic E-state index is 12.2. The second kappa shape index (κ2) is 9.79. The number of ketones is 2. The Labute approximate surface area is 203 Å². The van der Waals surface area contributed by atoms with Gasteiger partial charge in [-0.2, -0.15) is 0 Å². The zero-order valence-corrected chi connectivity index (χ0v) is 23.6. The van der Waals surface area contributed by atoms with Crippen molar-refractivity contribution in [2.75, 3.05) is 21.1 Å². The fourth-order valence-electron chi connectivity index (χ4n) is 3.90. The van der Waals surface area contributed by atoms with E-state index in [1.807, 2.05) is 41.9 Å². The van der Waals surface area contributed by atoms with Crippen LogP contribution in [0.4, 0.5) is 0 Å². The van der Waals surface area contributed by atoms with Gasteiger partial charge in [-0.15, -0.1) is 23.5 Å². The molecule has 1 saturated heterocycles. The van der Waals surface area contributed by atoms with Crippen LogP contribution in [0.1, 0.15) is 75.2 Å². The summed E-state index contributed by atoms with van der Waals surface area (Å²) in [6, 6.07) is -0.458. The number of nitrogens with zero attached hydrogens (tertiary/aromatic N) is 2. The van der Waals surface area contributed by atoms with Gasteiger partial charge in [0.1, 0.15) is 0 Å². The van der Waals surface area contributed by atoms with E-state index in [0.29, 0.717) is 17.3 Å². The average molecular weight is 488 g/mol. The lowest BCUT2D eigenvalue weighted by atomic mass is 10.1. The van der Waals surface area contributed by atoms with E-state index in [1.165, 1.54) is 4.90 Å². The minimum Gasteiger partial charge on any atom is -0.316 e. The number of likely N-dealkylation sites (N-methyl/N-ethyl adjacent to an activating group) is 1. The molecule has 2 aliphatic rings. The Morgan fingerprint density at radius 2 is 1.19 bits per heavy atom. The van der Waals surface area contributed by atoms with E-state index in [4.69, 9.17) is 0 Å². The van der Waals surface area contributed by atoms with E-state index in [2.05, 4.69) is 41.5 Å². The van der Waals surface area contributed by atoms with Crippen LogP contribution in [0.15, 0.2) is 0 Å². The molecule has 3 atom stereocenters. The van der Waals surface area contributed by atoms with E-state index in [0.717, 1.165) is 0 Å².